The van der Waals surface area contributed by atoms with Crippen LogP contribution in [-0.4, -0.2) is 9.97 Å². The summed E-state index contributed by atoms with van der Waals surface area (Å²) in [5, 5.41) is 7.44. The fraction of sp³-hybridized carbons (Fsp3) is 0. The normalized spacial score (nSPS) is 12.2. The molecule has 0 amide bonds. The molecule has 0 atom stereocenters. The number of rotatable bonds is 3. The summed E-state index contributed by atoms with van der Waals surface area (Å²) < 4.78 is 11.6. The highest BCUT2D eigenvalue weighted by molar-refractivity contribution is 7.29. The van der Waals surface area contributed by atoms with Crippen LogP contribution in [0.4, 0.5) is 0 Å². The third kappa shape index (κ3) is 3.35. The van der Waals surface area contributed by atoms with Gasteiger partial charge in [-0.2, -0.15) is 0 Å². The van der Waals surface area contributed by atoms with E-state index in [-0.39, 0.29) is 0 Å². The molecule has 0 fully saturated rings. The number of aromatic nitrogens is 2. The SMILES string of the molecule is c1ccc(-c2cc(-c3ccc4sc5ccc6oc7cc8ccccc8c8sc3c4c5c6c78)nc(-c3ccccc3)n2)cc1. The predicted octanol–water partition coefficient (Wildman–Crippen LogP) is 11.6. The third-order valence-corrected chi connectivity index (χ3v) is 10.8. The molecule has 0 bridgehead atoms. The second kappa shape index (κ2) is 8.71. The van der Waals surface area contributed by atoms with Gasteiger partial charge in [0.1, 0.15) is 11.2 Å². The van der Waals surface area contributed by atoms with Gasteiger partial charge in [0, 0.05) is 57.0 Å². The Morgan fingerprint density at radius 2 is 1.21 bits per heavy atom. The second-order valence-corrected chi connectivity index (χ2v) is 13.0. The van der Waals surface area contributed by atoms with Gasteiger partial charge in [0.2, 0.25) is 0 Å². The Labute approximate surface area is 253 Å². The van der Waals surface area contributed by atoms with Crippen LogP contribution in [0.2, 0.25) is 0 Å². The Bertz CT molecular complexity index is 2610. The van der Waals surface area contributed by atoms with Crippen molar-refractivity contribution in [2.75, 3.05) is 0 Å². The maximum atomic E-state index is 6.51. The quantitative estimate of drug-likeness (QED) is 0.207. The molecule has 0 aliphatic heterocycles. The van der Waals surface area contributed by atoms with E-state index in [1.165, 1.54) is 51.1 Å². The maximum Gasteiger partial charge on any atom is 0.160 e. The lowest BCUT2D eigenvalue weighted by Crippen LogP contribution is -1.96. The molecule has 0 saturated heterocycles. The van der Waals surface area contributed by atoms with E-state index in [1.54, 1.807) is 0 Å². The number of furan rings is 1. The lowest BCUT2D eigenvalue weighted by atomic mass is 10.0. The van der Waals surface area contributed by atoms with Crippen LogP contribution < -0.4 is 0 Å². The molecule has 3 nitrogen and oxygen atoms in total. The van der Waals surface area contributed by atoms with Crippen molar-refractivity contribution in [3.8, 4) is 33.9 Å². The molecule has 0 spiro atoms. The minimum absolute atomic E-state index is 0.726. The first-order valence-corrected chi connectivity index (χ1v) is 15.9. The van der Waals surface area contributed by atoms with E-state index in [9.17, 15) is 0 Å². The highest BCUT2D eigenvalue weighted by atomic mass is 32.1. The van der Waals surface area contributed by atoms with Gasteiger partial charge in [-0.05, 0) is 47.2 Å². The molecule has 5 heteroatoms. The molecule has 6 aromatic carbocycles. The predicted molar refractivity (Wildman–Crippen MR) is 183 cm³/mol. The van der Waals surface area contributed by atoms with Crippen molar-refractivity contribution in [2.45, 2.75) is 0 Å². The number of hydrogen-bond donors (Lipinski definition) is 0. The summed E-state index contributed by atoms with van der Waals surface area (Å²) in [7, 11) is 0. The Hall–Kier alpha value is -5.10. The smallest absolute Gasteiger partial charge is 0.160 e. The van der Waals surface area contributed by atoms with E-state index in [1.807, 2.05) is 46.9 Å². The number of benzene rings is 6. The summed E-state index contributed by atoms with van der Waals surface area (Å²) in [5.74, 6) is 0.726. The molecule has 4 aromatic heterocycles. The van der Waals surface area contributed by atoms with Crippen molar-refractivity contribution in [1.29, 1.82) is 0 Å². The van der Waals surface area contributed by atoms with Gasteiger partial charge in [0.25, 0.3) is 0 Å². The van der Waals surface area contributed by atoms with Crippen LogP contribution in [0.5, 0.6) is 0 Å². The van der Waals surface area contributed by atoms with Crippen molar-refractivity contribution in [2.24, 2.45) is 0 Å². The minimum atomic E-state index is 0.726. The summed E-state index contributed by atoms with van der Waals surface area (Å²) >= 11 is 3.71. The van der Waals surface area contributed by atoms with Gasteiger partial charge in [0.15, 0.2) is 5.82 Å². The highest BCUT2D eigenvalue weighted by Crippen LogP contribution is 2.51. The molecular formula is C38H20N2OS2. The van der Waals surface area contributed by atoms with Gasteiger partial charge in [-0.15, -0.1) is 22.7 Å². The van der Waals surface area contributed by atoms with Crippen molar-refractivity contribution in [3.05, 3.63) is 121 Å². The van der Waals surface area contributed by atoms with Crippen molar-refractivity contribution in [1.82, 2.24) is 9.97 Å². The minimum Gasteiger partial charge on any atom is -0.456 e. The van der Waals surface area contributed by atoms with E-state index >= 15 is 0 Å². The van der Waals surface area contributed by atoms with Gasteiger partial charge < -0.3 is 4.42 Å². The molecule has 0 unspecified atom stereocenters. The van der Waals surface area contributed by atoms with Gasteiger partial charge in [-0.3, -0.25) is 0 Å². The molecule has 43 heavy (non-hydrogen) atoms. The van der Waals surface area contributed by atoms with Crippen LogP contribution in [0.3, 0.4) is 0 Å². The fourth-order valence-electron chi connectivity index (χ4n) is 6.54. The second-order valence-electron chi connectivity index (χ2n) is 10.9. The van der Waals surface area contributed by atoms with Gasteiger partial charge in [-0.1, -0.05) is 84.9 Å². The lowest BCUT2D eigenvalue weighted by Gasteiger charge is -2.11. The standard InChI is InChI=1S/C38H20N2OS2/c1-3-9-21(10-4-1)26-20-27(40-38(39-26)22-11-5-2-6-12-22)25-15-17-31-35-34-30(42-31)18-16-28-32(34)33-29(41-28)19-23-13-7-8-14-24(23)36(33)43-37(25)35/h1-20H. The van der Waals surface area contributed by atoms with E-state index in [2.05, 4.69) is 97.1 Å². The zero-order valence-electron chi connectivity index (χ0n) is 22.7. The monoisotopic (exact) mass is 584 g/mol. The largest absolute Gasteiger partial charge is 0.456 e. The number of fused-ring (bicyclic) bond motifs is 2. The summed E-state index contributed by atoms with van der Waals surface area (Å²) in [6, 6.07) is 42.5. The van der Waals surface area contributed by atoms with Crippen LogP contribution in [-0.2, 0) is 0 Å². The first-order valence-electron chi connectivity index (χ1n) is 14.2. The average Bonchev–Trinajstić information content (AvgIpc) is 3.58. The van der Waals surface area contributed by atoms with E-state index in [0.29, 0.717) is 0 Å². The zero-order valence-corrected chi connectivity index (χ0v) is 24.3. The lowest BCUT2D eigenvalue weighted by molar-refractivity contribution is 0.670. The van der Waals surface area contributed by atoms with Gasteiger partial charge in [-0.25, -0.2) is 9.97 Å². The summed E-state index contributed by atoms with van der Waals surface area (Å²) in [6.45, 7) is 0. The van der Waals surface area contributed by atoms with E-state index in [4.69, 9.17) is 14.4 Å². The van der Waals surface area contributed by atoms with E-state index < -0.39 is 0 Å². The molecular weight excluding hydrogens is 565 g/mol. The van der Waals surface area contributed by atoms with Crippen molar-refractivity contribution < 1.29 is 4.42 Å². The van der Waals surface area contributed by atoms with Crippen LogP contribution in [0.1, 0.15) is 0 Å². The summed E-state index contributed by atoms with van der Waals surface area (Å²) in [5.41, 5.74) is 6.91. The Kier molecular flexibility index (Phi) is 4.75. The summed E-state index contributed by atoms with van der Waals surface area (Å²) in [6.07, 6.45) is 0. The third-order valence-electron chi connectivity index (χ3n) is 8.46. The first-order chi connectivity index (χ1) is 21.3. The van der Waals surface area contributed by atoms with Crippen molar-refractivity contribution >= 4 is 85.0 Å². The zero-order chi connectivity index (χ0) is 28.1. The van der Waals surface area contributed by atoms with Crippen molar-refractivity contribution in [3.63, 3.8) is 0 Å². The molecule has 0 N–H and O–H groups in total. The molecule has 10 aromatic rings. The molecule has 200 valence electrons. The Balaban J connectivity index is 1.39. The molecule has 10 rings (SSSR count). The molecule has 4 heterocycles. The number of hydrogen-bond acceptors (Lipinski definition) is 5. The summed E-state index contributed by atoms with van der Waals surface area (Å²) in [4.78, 5) is 10.3. The van der Waals surface area contributed by atoms with Crippen LogP contribution >= 0.6 is 22.7 Å². The fourth-order valence-corrected chi connectivity index (χ4v) is 9.12. The first kappa shape index (κ1) is 23.5. The van der Waals surface area contributed by atoms with Crippen LogP contribution in [0, 0.1) is 0 Å². The Morgan fingerprint density at radius 1 is 0.488 bits per heavy atom. The van der Waals surface area contributed by atoms with E-state index in [0.717, 1.165) is 45.1 Å². The van der Waals surface area contributed by atoms with Crippen LogP contribution in [0.25, 0.3) is 96.2 Å². The molecule has 0 aliphatic rings. The van der Waals surface area contributed by atoms with Gasteiger partial charge >= 0.3 is 0 Å². The topological polar surface area (TPSA) is 38.9 Å². The van der Waals surface area contributed by atoms with Gasteiger partial charge in [0.05, 0.1) is 11.4 Å². The highest BCUT2D eigenvalue weighted by Gasteiger charge is 2.23. The Morgan fingerprint density at radius 3 is 2.07 bits per heavy atom. The number of thiophene rings is 1. The molecule has 0 radical (unpaired) electrons. The maximum absolute atomic E-state index is 6.51. The average molecular weight is 585 g/mol. The molecule has 0 saturated carbocycles. The van der Waals surface area contributed by atoms with Crippen LogP contribution in [0.15, 0.2) is 126 Å². The molecule has 0 aliphatic carbocycles. The number of nitrogens with zero attached hydrogens (tertiary/aromatic N) is 2.